The average molecular weight is 224 g/mol. The quantitative estimate of drug-likeness (QED) is 0.533. The Labute approximate surface area is 94.7 Å². The Balaban J connectivity index is 2.60. The van der Waals surface area contributed by atoms with Crippen molar-refractivity contribution in [3.05, 3.63) is 18.2 Å². The summed E-state index contributed by atoms with van der Waals surface area (Å²) in [5.41, 5.74) is 0.871. The highest BCUT2D eigenvalue weighted by Crippen LogP contribution is 2.28. The Morgan fingerprint density at radius 1 is 1.25 bits per heavy atom. The molecule has 2 N–H and O–H groups in total. The Kier molecular flexibility index (Phi) is 4.98. The first-order chi connectivity index (χ1) is 7.81. The van der Waals surface area contributed by atoms with E-state index >= 15 is 0 Å². The average Bonchev–Trinajstić information content (AvgIpc) is 2.34. The first-order valence-electron chi connectivity index (χ1n) is 4.94. The van der Waals surface area contributed by atoms with E-state index in [1.165, 1.54) is 0 Å². The van der Waals surface area contributed by atoms with Gasteiger partial charge in [-0.15, -0.1) is 0 Å². The van der Waals surface area contributed by atoms with Gasteiger partial charge in [-0.25, -0.2) is 0 Å². The van der Waals surface area contributed by atoms with Gasteiger partial charge in [0.2, 0.25) is 6.41 Å². The lowest BCUT2D eigenvalue weighted by Gasteiger charge is -2.12. The lowest BCUT2D eigenvalue weighted by molar-refractivity contribution is -0.109. The molecule has 16 heavy (non-hydrogen) atoms. The van der Waals surface area contributed by atoms with Crippen molar-refractivity contribution in [2.45, 2.75) is 0 Å². The molecule has 1 rings (SSSR count). The van der Waals surface area contributed by atoms with Crippen LogP contribution in [0.2, 0.25) is 0 Å². The molecule has 5 nitrogen and oxygen atoms in total. The zero-order valence-corrected chi connectivity index (χ0v) is 9.45. The number of anilines is 1. The van der Waals surface area contributed by atoms with Crippen LogP contribution in [0.25, 0.3) is 0 Å². The number of hydrogen-bond acceptors (Lipinski definition) is 4. The fourth-order valence-electron chi connectivity index (χ4n) is 1.27. The molecule has 0 fully saturated rings. The molecule has 0 heterocycles. The van der Waals surface area contributed by atoms with E-state index in [1.807, 2.05) is 12.1 Å². The molecular weight excluding hydrogens is 208 g/mol. The molecule has 0 aromatic heterocycles. The van der Waals surface area contributed by atoms with Crippen LogP contribution >= 0.6 is 0 Å². The third-order valence-corrected chi connectivity index (χ3v) is 2.08. The number of carbonyl (C=O) groups is 1. The lowest BCUT2D eigenvalue weighted by Crippen LogP contribution is -2.20. The number of carbonyl (C=O) groups excluding carboxylic acids is 1. The van der Waals surface area contributed by atoms with Gasteiger partial charge in [0.05, 0.1) is 19.9 Å². The summed E-state index contributed by atoms with van der Waals surface area (Å²) in [5.74, 6) is 1.46. The number of amides is 1. The van der Waals surface area contributed by atoms with Gasteiger partial charge in [-0.3, -0.25) is 4.79 Å². The summed E-state index contributed by atoms with van der Waals surface area (Å²) in [4.78, 5) is 10.0. The minimum absolute atomic E-state index is 0.568. The van der Waals surface area contributed by atoms with E-state index < -0.39 is 0 Å². The summed E-state index contributed by atoms with van der Waals surface area (Å²) in [6.07, 6.45) is 0.674. The summed E-state index contributed by atoms with van der Waals surface area (Å²) in [7, 11) is 3.21. The van der Waals surface area contributed by atoms with Gasteiger partial charge in [0.25, 0.3) is 0 Å². The maximum atomic E-state index is 10.0. The topological polar surface area (TPSA) is 59.6 Å². The van der Waals surface area contributed by atoms with Crippen LogP contribution in [-0.4, -0.2) is 33.7 Å². The molecule has 1 amide bonds. The summed E-state index contributed by atoms with van der Waals surface area (Å²) in [5, 5.41) is 5.72. The molecule has 1 aromatic carbocycles. The van der Waals surface area contributed by atoms with Gasteiger partial charge < -0.3 is 20.1 Å². The molecule has 88 valence electrons. The number of rotatable bonds is 7. The minimum Gasteiger partial charge on any atom is -0.497 e. The Hall–Kier alpha value is -1.91. The van der Waals surface area contributed by atoms with Gasteiger partial charge in [-0.2, -0.15) is 0 Å². The third-order valence-electron chi connectivity index (χ3n) is 2.08. The molecule has 0 bridgehead atoms. The van der Waals surface area contributed by atoms with E-state index in [4.69, 9.17) is 9.47 Å². The highest BCUT2D eigenvalue weighted by atomic mass is 16.5. The van der Waals surface area contributed by atoms with Gasteiger partial charge in [0, 0.05) is 19.2 Å². The summed E-state index contributed by atoms with van der Waals surface area (Å²) < 4.78 is 10.3. The van der Waals surface area contributed by atoms with Crippen LogP contribution in [0.1, 0.15) is 0 Å². The highest BCUT2D eigenvalue weighted by molar-refractivity contribution is 5.59. The number of nitrogens with one attached hydrogen (secondary N) is 2. The standard InChI is InChI=1S/C11H16N2O3/c1-15-9-3-4-10(11(7-9)16-2)13-6-5-12-8-14/h3-4,7-8,13H,5-6H2,1-2H3,(H,12,14). The van der Waals surface area contributed by atoms with Gasteiger partial charge >= 0.3 is 0 Å². The number of methoxy groups -OCH3 is 2. The van der Waals surface area contributed by atoms with E-state index in [0.29, 0.717) is 25.2 Å². The van der Waals surface area contributed by atoms with Crippen molar-refractivity contribution in [3.8, 4) is 11.5 Å². The number of hydrogen-bond donors (Lipinski definition) is 2. The number of benzene rings is 1. The first kappa shape index (κ1) is 12.2. The Morgan fingerprint density at radius 2 is 2.06 bits per heavy atom. The predicted molar refractivity (Wildman–Crippen MR) is 62.1 cm³/mol. The van der Waals surface area contributed by atoms with Gasteiger partial charge in [0.1, 0.15) is 11.5 Å². The molecule has 0 unspecified atom stereocenters. The fourth-order valence-corrected chi connectivity index (χ4v) is 1.27. The SMILES string of the molecule is COc1ccc(NCCNC=O)c(OC)c1. The highest BCUT2D eigenvalue weighted by Gasteiger charge is 2.03. The maximum absolute atomic E-state index is 10.0. The first-order valence-corrected chi connectivity index (χ1v) is 4.94. The number of ether oxygens (including phenoxy) is 2. The fraction of sp³-hybridized carbons (Fsp3) is 0.364. The van der Waals surface area contributed by atoms with Gasteiger partial charge in [-0.1, -0.05) is 0 Å². The Bertz CT molecular complexity index is 342. The molecule has 0 aliphatic rings. The maximum Gasteiger partial charge on any atom is 0.207 e. The van der Waals surface area contributed by atoms with Crippen LogP contribution in [0.5, 0.6) is 11.5 Å². The van der Waals surface area contributed by atoms with Gasteiger partial charge in [0.15, 0.2) is 0 Å². The summed E-state index contributed by atoms with van der Waals surface area (Å²) in [6.45, 7) is 1.21. The molecule has 0 aliphatic carbocycles. The molecule has 5 heteroatoms. The van der Waals surface area contributed by atoms with Crippen molar-refractivity contribution in [2.75, 3.05) is 32.6 Å². The van der Waals surface area contributed by atoms with Crippen LogP contribution in [0.15, 0.2) is 18.2 Å². The van der Waals surface area contributed by atoms with Crippen LogP contribution in [0.3, 0.4) is 0 Å². The second-order valence-corrected chi connectivity index (χ2v) is 3.06. The van der Waals surface area contributed by atoms with Crippen molar-refractivity contribution in [1.82, 2.24) is 5.32 Å². The summed E-state index contributed by atoms with van der Waals surface area (Å²) >= 11 is 0. The molecule has 0 saturated heterocycles. The minimum atomic E-state index is 0.568. The van der Waals surface area contributed by atoms with E-state index in [1.54, 1.807) is 20.3 Å². The predicted octanol–water partition coefficient (Wildman–Crippen LogP) is 0.862. The van der Waals surface area contributed by atoms with Crippen molar-refractivity contribution < 1.29 is 14.3 Å². The Morgan fingerprint density at radius 3 is 2.69 bits per heavy atom. The third kappa shape index (κ3) is 3.34. The van der Waals surface area contributed by atoms with E-state index in [0.717, 1.165) is 11.4 Å². The van der Waals surface area contributed by atoms with Crippen LogP contribution in [-0.2, 0) is 4.79 Å². The smallest absolute Gasteiger partial charge is 0.207 e. The molecule has 0 saturated carbocycles. The second-order valence-electron chi connectivity index (χ2n) is 3.06. The molecule has 0 radical (unpaired) electrons. The largest absolute Gasteiger partial charge is 0.497 e. The zero-order valence-electron chi connectivity index (χ0n) is 9.45. The van der Waals surface area contributed by atoms with Crippen LogP contribution in [0.4, 0.5) is 5.69 Å². The summed E-state index contributed by atoms with van der Waals surface area (Å²) in [6, 6.07) is 5.52. The molecule has 1 aromatic rings. The van der Waals surface area contributed by atoms with Crippen LogP contribution < -0.4 is 20.1 Å². The van der Waals surface area contributed by atoms with Crippen molar-refractivity contribution in [3.63, 3.8) is 0 Å². The second kappa shape index (κ2) is 6.55. The monoisotopic (exact) mass is 224 g/mol. The van der Waals surface area contributed by atoms with Crippen LogP contribution in [0, 0.1) is 0 Å². The van der Waals surface area contributed by atoms with E-state index in [-0.39, 0.29) is 0 Å². The van der Waals surface area contributed by atoms with E-state index in [2.05, 4.69) is 10.6 Å². The molecule has 0 spiro atoms. The van der Waals surface area contributed by atoms with Crippen molar-refractivity contribution >= 4 is 12.1 Å². The van der Waals surface area contributed by atoms with Crippen molar-refractivity contribution in [1.29, 1.82) is 0 Å². The molecular formula is C11H16N2O3. The van der Waals surface area contributed by atoms with Gasteiger partial charge in [-0.05, 0) is 12.1 Å². The normalized spacial score (nSPS) is 9.38. The zero-order chi connectivity index (χ0) is 11.8. The molecule has 0 aliphatic heterocycles. The molecule has 0 atom stereocenters. The lowest BCUT2D eigenvalue weighted by atomic mass is 10.2. The van der Waals surface area contributed by atoms with Crippen molar-refractivity contribution in [2.24, 2.45) is 0 Å². The van der Waals surface area contributed by atoms with E-state index in [9.17, 15) is 4.79 Å².